The average Bonchev–Trinajstić information content (AvgIpc) is 3.34. The van der Waals surface area contributed by atoms with Gasteiger partial charge in [0.15, 0.2) is 4.34 Å². The van der Waals surface area contributed by atoms with Crippen LogP contribution < -0.4 is 9.46 Å². The molecule has 5 aromatic rings. The summed E-state index contributed by atoms with van der Waals surface area (Å²) in [7, 11) is -3.98. The van der Waals surface area contributed by atoms with Gasteiger partial charge in [-0.25, -0.2) is 13.4 Å². The number of thiazole rings is 1. The van der Waals surface area contributed by atoms with Crippen LogP contribution in [0.3, 0.4) is 0 Å². The van der Waals surface area contributed by atoms with Crippen LogP contribution in [0.5, 0.6) is 11.5 Å². The Bertz CT molecular complexity index is 1830. The molecule has 0 saturated carbocycles. The number of rotatable bonds is 9. The smallest absolute Gasteiger partial charge is 0.261 e. The number of sulfonamides is 1. The summed E-state index contributed by atoms with van der Waals surface area (Å²) >= 11 is 8.73. The van der Waals surface area contributed by atoms with Gasteiger partial charge in [0.05, 0.1) is 30.7 Å². The van der Waals surface area contributed by atoms with Crippen molar-refractivity contribution < 1.29 is 18.3 Å². The third kappa shape index (κ3) is 5.81. The zero-order valence-electron chi connectivity index (χ0n) is 20.3. The molecule has 0 fully saturated rings. The second kappa shape index (κ2) is 11.2. The molecular formula is C29H21ClN2O4S3. The Morgan fingerprint density at radius 1 is 1.05 bits per heavy atom. The van der Waals surface area contributed by atoms with Gasteiger partial charge in [0.25, 0.3) is 10.0 Å². The van der Waals surface area contributed by atoms with Crippen LogP contribution in [0.1, 0.15) is 0 Å². The van der Waals surface area contributed by atoms with Crippen LogP contribution in [0.15, 0.2) is 129 Å². The molecule has 5 rings (SSSR count). The zero-order valence-corrected chi connectivity index (χ0v) is 23.5. The van der Waals surface area contributed by atoms with Gasteiger partial charge in [-0.1, -0.05) is 79.0 Å². The van der Waals surface area contributed by atoms with Crippen LogP contribution in [0, 0.1) is 0 Å². The number of benzene rings is 4. The van der Waals surface area contributed by atoms with Gasteiger partial charge >= 0.3 is 0 Å². The van der Waals surface area contributed by atoms with Gasteiger partial charge in [-0.2, -0.15) is 0 Å². The lowest BCUT2D eigenvalue weighted by Gasteiger charge is -2.15. The Balaban J connectivity index is 1.47. The number of nitrogens with zero attached hydrogens (tertiary/aromatic N) is 1. The van der Waals surface area contributed by atoms with Gasteiger partial charge in [0.1, 0.15) is 17.3 Å². The molecule has 0 aliphatic carbocycles. The molecule has 0 aliphatic heterocycles. The maximum absolute atomic E-state index is 13.4. The van der Waals surface area contributed by atoms with Crippen LogP contribution >= 0.6 is 34.7 Å². The van der Waals surface area contributed by atoms with E-state index in [0.29, 0.717) is 32.9 Å². The maximum Gasteiger partial charge on any atom is 0.261 e. The molecule has 0 unspecified atom stereocenters. The molecule has 6 nitrogen and oxygen atoms in total. The molecule has 0 radical (unpaired) electrons. The Morgan fingerprint density at radius 2 is 1.74 bits per heavy atom. The van der Waals surface area contributed by atoms with Gasteiger partial charge < -0.3 is 9.84 Å². The number of para-hydroxylation sites is 1. The van der Waals surface area contributed by atoms with Gasteiger partial charge in [-0.3, -0.25) is 4.72 Å². The number of phenolic OH excluding ortho intramolecular Hbond substituents is 1. The fourth-order valence-corrected chi connectivity index (χ4v) is 7.08. The van der Waals surface area contributed by atoms with Crippen LogP contribution in [-0.4, -0.2) is 18.5 Å². The lowest BCUT2D eigenvalue weighted by Crippen LogP contribution is -2.13. The first-order valence-electron chi connectivity index (χ1n) is 11.5. The highest BCUT2D eigenvalue weighted by Gasteiger charge is 2.20. The summed E-state index contributed by atoms with van der Waals surface area (Å²) in [6.45, 7) is 7.26. The van der Waals surface area contributed by atoms with E-state index in [2.05, 4.69) is 22.9 Å². The number of aromatic hydroxyl groups is 1. The highest BCUT2D eigenvalue weighted by molar-refractivity contribution is 8.01. The molecule has 0 atom stereocenters. The third-order valence-corrected chi connectivity index (χ3v) is 9.29. The predicted molar refractivity (Wildman–Crippen MR) is 161 cm³/mol. The Kier molecular flexibility index (Phi) is 7.67. The number of phenols is 1. The number of hydrogen-bond donors (Lipinski definition) is 2. The molecule has 39 heavy (non-hydrogen) atoms. The molecule has 0 saturated heterocycles. The van der Waals surface area contributed by atoms with Crippen molar-refractivity contribution in [3.05, 3.63) is 115 Å². The first-order chi connectivity index (χ1) is 18.7. The largest absolute Gasteiger partial charge is 0.506 e. The Labute approximate surface area is 239 Å². The fourth-order valence-electron chi connectivity index (χ4n) is 3.79. The minimum Gasteiger partial charge on any atom is -0.506 e. The Morgan fingerprint density at radius 3 is 2.44 bits per heavy atom. The quantitative estimate of drug-likeness (QED) is 0.102. The van der Waals surface area contributed by atoms with Crippen molar-refractivity contribution in [2.24, 2.45) is 0 Å². The molecule has 10 heteroatoms. The molecule has 0 aliphatic rings. The van der Waals surface area contributed by atoms with Crippen molar-refractivity contribution >= 4 is 71.4 Å². The van der Waals surface area contributed by atoms with Gasteiger partial charge in [-0.15, -0.1) is 11.3 Å². The Hall–Kier alpha value is -3.76. The van der Waals surface area contributed by atoms with Crippen LogP contribution in [0.25, 0.3) is 21.0 Å². The summed E-state index contributed by atoms with van der Waals surface area (Å²) in [5.74, 6) is 0.742. The first-order valence-corrected chi connectivity index (χ1v) is 15.0. The van der Waals surface area contributed by atoms with Crippen LogP contribution in [0.2, 0.25) is 0 Å². The summed E-state index contributed by atoms with van der Waals surface area (Å²) in [6.07, 6.45) is 3.07. The molecule has 1 aromatic heterocycles. The van der Waals surface area contributed by atoms with Gasteiger partial charge in [0.2, 0.25) is 0 Å². The van der Waals surface area contributed by atoms with Crippen molar-refractivity contribution in [2.45, 2.75) is 14.1 Å². The number of aromatic nitrogens is 1. The van der Waals surface area contributed by atoms with E-state index < -0.39 is 10.0 Å². The summed E-state index contributed by atoms with van der Waals surface area (Å²) in [5, 5.41) is 12.3. The lowest BCUT2D eigenvalue weighted by atomic mass is 10.1. The topological polar surface area (TPSA) is 88.5 Å². The normalized spacial score (nSPS) is 12.0. The second-order valence-electron chi connectivity index (χ2n) is 8.22. The van der Waals surface area contributed by atoms with E-state index in [1.165, 1.54) is 53.4 Å². The van der Waals surface area contributed by atoms with Gasteiger partial charge in [-0.05, 0) is 48.5 Å². The van der Waals surface area contributed by atoms with Crippen molar-refractivity contribution in [2.75, 3.05) is 4.72 Å². The molecule has 4 aromatic carbocycles. The SMILES string of the molecule is C=C/C=C(/Oc1ccc(S(=O)(=O)Nc2cc(Sc3nc4ccccc4s3)c(O)c3ccccc23)cc1)C(=C)Cl. The summed E-state index contributed by atoms with van der Waals surface area (Å²) in [4.78, 5) is 5.15. The first kappa shape index (κ1) is 26.8. The minimum atomic E-state index is -3.98. The van der Waals surface area contributed by atoms with E-state index in [4.69, 9.17) is 16.3 Å². The van der Waals surface area contributed by atoms with E-state index in [1.54, 1.807) is 36.4 Å². The second-order valence-corrected chi connectivity index (χ2v) is 12.7. The highest BCUT2D eigenvalue weighted by atomic mass is 35.5. The standard InChI is InChI=1S/C29H21ClN2O4S3/c1-3-8-25(18(2)30)36-19-13-15-20(16-14-19)39(34,35)32-24-17-27(28(33)22-10-5-4-9-21(22)24)38-29-31-23-11-6-7-12-26(23)37-29/h3-17,32-33H,1-2H2/b25-8+. The third-order valence-electron chi connectivity index (χ3n) is 5.60. The van der Waals surface area contributed by atoms with Gasteiger partial charge in [0, 0.05) is 10.8 Å². The number of fused-ring (bicyclic) bond motifs is 2. The van der Waals surface area contributed by atoms with E-state index in [0.717, 1.165) is 14.6 Å². The molecule has 2 N–H and O–H groups in total. The molecule has 0 spiro atoms. The maximum atomic E-state index is 13.4. The van der Waals surface area contributed by atoms with Crippen LogP contribution in [-0.2, 0) is 10.0 Å². The van der Waals surface area contributed by atoms with Crippen LogP contribution in [0.4, 0.5) is 5.69 Å². The number of anilines is 1. The monoisotopic (exact) mass is 592 g/mol. The van der Waals surface area contributed by atoms with Crippen molar-refractivity contribution in [3.8, 4) is 11.5 Å². The molecule has 0 bridgehead atoms. The minimum absolute atomic E-state index is 0.0336. The lowest BCUT2D eigenvalue weighted by molar-refractivity contribution is 0.441. The number of nitrogens with one attached hydrogen (secondary N) is 1. The molecule has 0 amide bonds. The predicted octanol–water partition coefficient (Wildman–Crippen LogP) is 8.31. The number of ether oxygens (including phenoxy) is 1. The van der Waals surface area contributed by atoms with Crippen molar-refractivity contribution in [3.63, 3.8) is 0 Å². The number of allylic oxidation sites excluding steroid dienone is 3. The van der Waals surface area contributed by atoms with E-state index in [1.807, 2.05) is 24.3 Å². The molecular weight excluding hydrogens is 572 g/mol. The van der Waals surface area contributed by atoms with Crippen molar-refractivity contribution in [1.29, 1.82) is 0 Å². The summed E-state index contributed by atoms with van der Waals surface area (Å²) in [5.41, 5.74) is 1.20. The van der Waals surface area contributed by atoms with Crippen molar-refractivity contribution in [1.82, 2.24) is 4.98 Å². The van der Waals surface area contributed by atoms with E-state index >= 15 is 0 Å². The fraction of sp³-hybridized carbons (Fsp3) is 0. The van der Waals surface area contributed by atoms with E-state index in [-0.39, 0.29) is 15.7 Å². The average molecular weight is 593 g/mol. The number of hydrogen-bond acceptors (Lipinski definition) is 7. The molecule has 196 valence electrons. The highest BCUT2D eigenvalue weighted by Crippen LogP contribution is 2.44. The van der Waals surface area contributed by atoms with E-state index in [9.17, 15) is 13.5 Å². The number of halogens is 1. The zero-order chi connectivity index (χ0) is 27.6. The molecule has 1 heterocycles. The summed E-state index contributed by atoms with van der Waals surface area (Å²) < 4.78 is 36.9. The summed E-state index contributed by atoms with van der Waals surface area (Å²) in [6, 6.07) is 22.4.